The van der Waals surface area contributed by atoms with Crippen LogP contribution in [-0.2, 0) is 13.0 Å². The fourth-order valence-corrected chi connectivity index (χ4v) is 2.91. The lowest BCUT2D eigenvalue weighted by Gasteiger charge is -2.26. The zero-order chi connectivity index (χ0) is 13.9. The number of benzene rings is 2. The minimum Gasteiger partial charge on any atom is -0.312 e. The molecule has 20 heavy (non-hydrogen) atoms. The topological polar surface area (TPSA) is 12.0 Å². The lowest BCUT2D eigenvalue weighted by Crippen LogP contribution is -2.28. The molecular weight excluding hydrogens is 256 g/mol. The van der Waals surface area contributed by atoms with Crippen LogP contribution in [0.4, 0.5) is 8.78 Å². The number of halogens is 2. The number of hydrogen-bond donors (Lipinski definition) is 1. The first-order valence-corrected chi connectivity index (χ1v) is 6.96. The SMILES string of the molecule is Fc1ccc(F)c(CCC2CNCc3ccccc32)c1. The van der Waals surface area contributed by atoms with Crippen molar-refractivity contribution < 1.29 is 8.78 Å². The first kappa shape index (κ1) is 13.3. The van der Waals surface area contributed by atoms with E-state index in [1.54, 1.807) is 0 Å². The summed E-state index contributed by atoms with van der Waals surface area (Å²) in [5.74, 6) is -0.324. The molecular formula is C17H17F2N. The zero-order valence-corrected chi connectivity index (χ0v) is 11.2. The largest absolute Gasteiger partial charge is 0.312 e. The van der Waals surface area contributed by atoms with Crippen molar-refractivity contribution in [2.45, 2.75) is 25.3 Å². The van der Waals surface area contributed by atoms with E-state index in [0.717, 1.165) is 25.6 Å². The third kappa shape index (κ3) is 2.73. The van der Waals surface area contributed by atoms with Crippen LogP contribution in [0.5, 0.6) is 0 Å². The maximum Gasteiger partial charge on any atom is 0.126 e. The van der Waals surface area contributed by atoms with Crippen LogP contribution in [0.1, 0.15) is 29.0 Å². The van der Waals surface area contributed by atoms with Gasteiger partial charge in [0.2, 0.25) is 0 Å². The molecule has 2 aromatic carbocycles. The van der Waals surface area contributed by atoms with Gasteiger partial charge in [-0.3, -0.25) is 0 Å². The second-order valence-corrected chi connectivity index (χ2v) is 5.30. The summed E-state index contributed by atoms with van der Waals surface area (Å²) < 4.78 is 26.8. The standard InChI is InChI=1S/C17H17F2N/c18-15-7-8-17(19)12(9-15)5-6-14-11-20-10-13-3-1-2-4-16(13)14/h1-4,7-9,14,20H,5-6,10-11H2. The quantitative estimate of drug-likeness (QED) is 0.897. The first-order valence-electron chi connectivity index (χ1n) is 6.96. The molecule has 0 spiro atoms. The Morgan fingerprint density at radius 3 is 2.85 bits per heavy atom. The van der Waals surface area contributed by atoms with Crippen molar-refractivity contribution in [1.82, 2.24) is 5.32 Å². The molecule has 0 radical (unpaired) electrons. The summed E-state index contributed by atoms with van der Waals surface area (Å²) >= 11 is 0. The summed E-state index contributed by atoms with van der Waals surface area (Å²) in [6.07, 6.45) is 1.38. The molecule has 1 nitrogen and oxygen atoms in total. The minimum absolute atomic E-state index is 0.316. The number of hydrogen-bond acceptors (Lipinski definition) is 1. The predicted molar refractivity (Wildman–Crippen MR) is 75.6 cm³/mol. The fourth-order valence-electron chi connectivity index (χ4n) is 2.91. The molecule has 0 saturated heterocycles. The molecule has 3 rings (SSSR count). The molecule has 1 N–H and O–H groups in total. The summed E-state index contributed by atoms with van der Waals surface area (Å²) in [7, 11) is 0. The van der Waals surface area contributed by atoms with Crippen LogP contribution in [0.25, 0.3) is 0 Å². The lowest BCUT2D eigenvalue weighted by atomic mass is 9.86. The fraction of sp³-hybridized carbons (Fsp3) is 0.294. The predicted octanol–water partition coefficient (Wildman–Crippen LogP) is 3.78. The number of rotatable bonds is 3. The van der Waals surface area contributed by atoms with Crippen molar-refractivity contribution in [1.29, 1.82) is 0 Å². The molecule has 3 heteroatoms. The second-order valence-electron chi connectivity index (χ2n) is 5.30. The Labute approximate surface area is 117 Å². The molecule has 1 aliphatic heterocycles. The highest BCUT2D eigenvalue weighted by atomic mass is 19.1. The van der Waals surface area contributed by atoms with Gasteiger partial charge in [0.25, 0.3) is 0 Å². The molecule has 2 aromatic rings. The summed E-state index contributed by atoms with van der Waals surface area (Å²) in [4.78, 5) is 0. The zero-order valence-electron chi connectivity index (χ0n) is 11.2. The van der Waals surface area contributed by atoms with E-state index in [9.17, 15) is 8.78 Å². The van der Waals surface area contributed by atoms with E-state index in [2.05, 4.69) is 17.4 Å². The van der Waals surface area contributed by atoms with Gasteiger partial charge in [-0.15, -0.1) is 0 Å². The van der Waals surface area contributed by atoms with E-state index in [-0.39, 0.29) is 11.6 Å². The molecule has 0 fully saturated rings. The monoisotopic (exact) mass is 273 g/mol. The average molecular weight is 273 g/mol. The normalized spacial score (nSPS) is 17.8. The van der Waals surface area contributed by atoms with Crippen LogP contribution in [0.2, 0.25) is 0 Å². The second kappa shape index (κ2) is 5.71. The van der Waals surface area contributed by atoms with E-state index in [0.29, 0.717) is 17.9 Å². The van der Waals surface area contributed by atoms with Crippen LogP contribution in [0, 0.1) is 11.6 Å². The van der Waals surface area contributed by atoms with Gasteiger partial charge in [0.1, 0.15) is 11.6 Å². The van der Waals surface area contributed by atoms with Crippen molar-refractivity contribution in [3.8, 4) is 0 Å². The number of fused-ring (bicyclic) bond motifs is 1. The Kier molecular flexibility index (Phi) is 3.79. The Morgan fingerprint density at radius 1 is 1.10 bits per heavy atom. The van der Waals surface area contributed by atoms with Gasteiger partial charge in [0.05, 0.1) is 0 Å². The Morgan fingerprint density at radius 2 is 1.95 bits per heavy atom. The summed E-state index contributed by atoms with van der Waals surface area (Å²) in [6.45, 7) is 1.79. The van der Waals surface area contributed by atoms with Crippen LogP contribution in [0.15, 0.2) is 42.5 Å². The van der Waals surface area contributed by atoms with E-state index >= 15 is 0 Å². The average Bonchev–Trinajstić information content (AvgIpc) is 2.48. The summed E-state index contributed by atoms with van der Waals surface area (Å²) in [5.41, 5.74) is 3.11. The maximum atomic E-state index is 13.6. The highest BCUT2D eigenvalue weighted by Gasteiger charge is 2.19. The highest BCUT2D eigenvalue weighted by Crippen LogP contribution is 2.28. The molecule has 0 bridgehead atoms. The van der Waals surface area contributed by atoms with E-state index in [1.165, 1.54) is 23.3 Å². The van der Waals surface area contributed by atoms with Gasteiger partial charge in [-0.25, -0.2) is 8.78 Å². The van der Waals surface area contributed by atoms with Gasteiger partial charge >= 0.3 is 0 Å². The van der Waals surface area contributed by atoms with Crippen molar-refractivity contribution >= 4 is 0 Å². The van der Waals surface area contributed by atoms with Gasteiger partial charge in [-0.1, -0.05) is 24.3 Å². The Balaban J connectivity index is 1.75. The molecule has 104 valence electrons. The van der Waals surface area contributed by atoms with Gasteiger partial charge < -0.3 is 5.32 Å². The Bertz CT molecular complexity index is 610. The molecule has 0 aliphatic carbocycles. The van der Waals surface area contributed by atoms with E-state index in [1.807, 2.05) is 12.1 Å². The van der Waals surface area contributed by atoms with Crippen molar-refractivity contribution in [2.75, 3.05) is 6.54 Å². The minimum atomic E-state index is -0.372. The van der Waals surface area contributed by atoms with Crippen molar-refractivity contribution in [3.63, 3.8) is 0 Å². The van der Waals surface area contributed by atoms with Gasteiger partial charge in [-0.05, 0) is 53.6 Å². The first-order chi connectivity index (χ1) is 9.74. The van der Waals surface area contributed by atoms with Crippen molar-refractivity contribution in [2.24, 2.45) is 0 Å². The third-order valence-corrected chi connectivity index (χ3v) is 3.97. The number of aryl methyl sites for hydroxylation is 1. The molecule has 1 atom stereocenters. The van der Waals surface area contributed by atoms with Crippen molar-refractivity contribution in [3.05, 3.63) is 70.8 Å². The molecule has 0 aromatic heterocycles. The highest BCUT2D eigenvalue weighted by molar-refractivity contribution is 5.33. The van der Waals surface area contributed by atoms with Gasteiger partial charge in [0.15, 0.2) is 0 Å². The van der Waals surface area contributed by atoms with E-state index in [4.69, 9.17) is 0 Å². The van der Waals surface area contributed by atoms with Crippen LogP contribution < -0.4 is 5.32 Å². The van der Waals surface area contributed by atoms with Crippen LogP contribution >= 0.6 is 0 Å². The Hall–Kier alpha value is -1.74. The van der Waals surface area contributed by atoms with E-state index < -0.39 is 0 Å². The molecule has 1 aliphatic rings. The molecule has 0 amide bonds. The molecule has 0 saturated carbocycles. The molecule has 1 heterocycles. The third-order valence-electron chi connectivity index (χ3n) is 3.97. The molecule has 1 unspecified atom stereocenters. The maximum absolute atomic E-state index is 13.6. The summed E-state index contributed by atoms with van der Waals surface area (Å²) in [5, 5.41) is 3.39. The van der Waals surface area contributed by atoms with Gasteiger partial charge in [-0.2, -0.15) is 0 Å². The lowest BCUT2D eigenvalue weighted by molar-refractivity contribution is 0.505. The van der Waals surface area contributed by atoms with Gasteiger partial charge in [0, 0.05) is 13.1 Å². The number of nitrogens with one attached hydrogen (secondary N) is 1. The van der Waals surface area contributed by atoms with Crippen LogP contribution in [0.3, 0.4) is 0 Å². The summed E-state index contributed by atoms with van der Waals surface area (Å²) in [6, 6.07) is 12.0. The van der Waals surface area contributed by atoms with Crippen LogP contribution in [-0.4, -0.2) is 6.54 Å². The smallest absolute Gasteiger partial charge is 0.126 e.